The van der Waals surface area contributed by atoms with Gasteiger partial charge in [-0.3, -0.25) is 4.79 Å². The fourth-order valence-corrected chi connectivity index (χ4v) is 2.28. The van der Waals surface area contributed by atoms with Gasteiger partial charge in [-0.05, 0) is 36.9 Å². The van der Waals surface area contributed by atoms with Crippen LogP contribution in [0.3, 0.4) is 0 Å². The number of carbonyl (C=O) groups excluding carboxylic acids is 1. The first-order valence-corrected chi connectivity index (χ1v) is 10.3. The molecule has 1 atom stereocenters. The van der Waals surface area contributed by atoms with Crippen molar-refractivity contribution in [2.75, 3.05) is 59.4 Å². The van der Waals surface area contributed by atoms with Crippen LogP contribution in [0, 0.1) is 5.92 Å². The van der Waals surface area contributed by atoms with E-state index in [1.807, 2.05) is 6.92 Å². The van der Waals surface area contributed by atoms with Gasteiger partial charge >= 0.3 is 0 Å². The van der Waals surface area contributed by atoms with Gasteiger partial charge in [0.25, 0.3) is 0 Å². The fourth-order valence-electron chi connectivity index (χ4n) is 2.09. The number of amides is 1. The van der Waals surface area contributed by atoms with Crippen molar-refractivity contribution in [2.24, 2.45) is 5.92 Å². The van der Waals surface area contributed by atoms with Crippen LogP contribution in [0.4, 0.5) is 0 Å². The average Bonchev–Trinajstić information content (AvgIpc) is 2.58. The van der Waals surface area contributed by atoms with Gasteiger partial charge in [0.05, 0.1) is 39.6 Å². The van der Waals surface area contributed by atoms with Crippen LogP contribution in [0.2, 0.25) is 0 Å². The molecule has 1 N–H and O–H groups in total. The fraction of sp³-hybridized carbons (Fsp3) is 0.947. The lowest BCUT2D eigenvalue weighted by molar-refractivity contribution is -0.126. The standard InChI is InChI=1S/C19H39NO5S/c1-17(2)6-5-9-22-10-11-23-12-13-24-14-15-25-16-19(21)20-8-4-7-18(3)26/h17-18,26H,4-16H2,1-3H3,(H,20,21)/t18-/m0/s1. The molecule has 0 unspecified atom stereocenters. The lowest BCUT2D eigenvalue weighted by atomic mass is 10.1. The van der Waals surface area contributed by atoms with Gasteiger partial charge in [0.15, 0.2) is 0 Å². The highest BCUT2D eigenvalue weighted by Crippen LogP contribution is 2.03. The Balaban J connectivity index is 3.14. The summed E-state index contributed by atoms with van der Waals surface area (Å²) in [4.78, 5) is 11.5. The Labute approximate surface area is 165 Å². The van der Waals surface area contributed by atoms with Crippen LogP contribution < -0.4 is 5.32 Å². The summed E-state index contributed by atoms with van der Waals surface area (Å²) in [5.41, 5.74) is 0. The molecule has 0 fully saturated rings. The number of carbonyl (C=O) groups is 1. The third-order valence-electron chi connectivity index (χ3n) is 3.54. The van der Waals surface area contributed by atoms with Crippen molar-refractivity contribution in [3.63, 3.8) is 0 Å². The Morgan fingerprint density at radius 2 is 1.35 bits per heavy atom. The summed E-state index contributed by atoms with van der Waals surface area (Å²) < 4.78 is 21.5. The molecular weight excluding hydrogens is 354 g/mol. The van der Waals surface area contributed by atoms with Crippen LogP contribution in [-0.4, -0.2) is 70.6 Å². The lowest BCUT2D eigenvalue weighted by Gasteiger charge is -2.08. The second kappa shape index (κ2) is 19.4. The highest BCUT2D eigenvalue weighted by Gasteiger charge is 2.01. The number of hydrogen-bond acceptors (Lipinski definition) is 6. The van der Waals surface area contributed by atoms with Crippen molar-refractivity contribution >= 4 is 18.5 Å². The Kier molecular flexibility index (Phi) is 19.2. The zero-order valence-corrected chi connectivity index (χ0v) is 17.7. The normalized spacial score (nSPS) is 12.5. The maximum absolute atomic E-state index is 11.5. The maximum atomic E-state index is 11.5. The van der Waals surface area contributed by atoms with Gasteiger partial charge in [-0.2, -0.15) is 12.6 Å². The molecule has 1 amide bonds. The Morgan fingerprint density at radius 3 is 1.88 bits per heavy atom. The van der Waals surface area contributed by atoms with Crippen molar-refractivity contribution in [3.8, 4) is 0 Å². The SMILES string of the molecule is CC(C)CCCOCCOCCOCCOCC(=O)NCCC[C@H](C)S. The quantitative estimate of drug-likeness (QED) is 0.261. The molecule has 0 bridgehead atoms. The van der Waals surface area contributed by atoms with E-state index in [4.69, 9.17) is 18.9 Å². The first-order valence-electron chi connectivity index (χ1n) is 9.78. The number of hydrogen-bond donors (Lipinski definition) is 2. The largest absolute Gasteiger partial charge is 0.379 e. The molecule has 26 heavy (non-hydrogen) atoms. The molecule has 0 saturated heterocycles. The average molecular weight is 394 g/mol. The summed E-state index contributed by atoms with van der Waals surface area (Å²) in [6.45, 7) is 11.2. The van der Waals surface area contributed by atoms with E-state index in [1.165, 1.54) is 6.42 Å². The molecule has 0 aliphatic heterocycles. The molecule has 0 rings (SSSR count). The smallest absolute Gasteiger partial charge is 0.245 e. The van der Waals surface area contributed by atoms with Crippen LogP contribution in [-0.2, 0) is 23.7 Å². The summed E-state index contributed by atoms with van der Waals surface area (Å²) in [6.07, 6.45) is 4.23. The number of thiol groups is 1. The molecule has 0 aromatic carbocycles. The van der Waals surface area contributed by atoms with Crippen molar-refractivity contribution in [1.82, 2.24) is 5.32 Å². The van der Waals surface area contributed by atoms with E-state index in [-0.39, 0.29) is 12.5 Å². The van der Waals surface area contributed by atoms with Crippen molar-refractivity contribution in [3.05, 3.63) is 0 Å². The molecule has 0 aliphatic rings. The molecule has 7 heteroatoms. The summed E-state index contributed by atoms with van der Waals surface area (Å²) in [5.74, 6) is 0.644. The molecule has 0 saturated carbocycles. The highest BCUT2D eigenvalue weighted by molar-refractivity contribution is 7.80. The second-order valence-electron chi connectivity index (χ2n) is 6.77. The zero-order chi connectivity index (χ0) is 19.5. The maximum Gasteiger partial charge on any atom is 0.245 e. The summed E-state index contributed by atoms with van der Waals surface area (Å²) in [6, 6.07) is 0. The second-order valence-corrected chi connectivity index (χ2v) is 7.65. The molecular formula is C19H39NO5S. The molecule has 0 spiro atoms. The zero-order valence-electron chi connectivity index (χ0n) is 16.8. The summed E-state index contributed by atoms with van der Waals surface area (Å²) in [7, 11) is 0. The minimum Gasteiger partial charge on any atom is -0.379 e. The van der Waals surface area contributed by atoms with Crippen LogP contribution in [0.25, 0.3) is 0 Å². The number of rotatable bonds is 19. The van der Waals surface area contributed by atoms with Crippen molar-refractivity contribution < 1.29 is 23.7 Å². The van der Waals surface area contributed by atoms with Crippen molar-refractivity contribution in [2.45, 2.75) is 51.7 Å². The molecule has 0 aromatic rings. The van der Waals surface area contributed by atoms with Crippen molar-refractivity contribution in [1.29, 1.82) is 0 Å². The summed E-state index contributed by atoms with van der Waals surface area (Å²) in [5, 5.41) is 3.18. The molecule has 0 aliphatic carbocycles. The third-order valence-corrected chi connectivity index (χ3v) is 3.80. The van der Waals surface area contributed by atoms with Gasteiger partial charge in [0, 0.05) is 13.2 Å². The monoisotopic (exact) mass is 393 g/mol. The first kappa shape index (κ1) is 25.7. The van der Waals surface area contributed by atoms with E-state index in [0.29, 0.717) is 51.4 Å². The minimum atomic E-state index is -0.0893. The van der Waals surface area contributed by atoms with Gasteiger partial charge in [0.1, 0.15) is 6.61 Å². The third kappa shape index (κ3) is 21.7. The topological polar surface area (TPSA) is 66.0 Å². The van der Waals surface area contributed by atoms with E-state index in [2.05, 4.69) is 31.8 Å². The van der Waals surface area contributed by atoms with Gasteiger partial charge in [-0.25, -0.2) is 0 Å². The highest BCUT2D eigenvalue weighted by atomic mass is 32.1. The Morgan fingerprint density at radius 1 is 0.808 bits per heavy atom. The first-order chi connectivity index (χ1) is 12.5. The van der Waals surface area contributed by atoms with Crippen LogP contribution >= 0.6 is 12.6 Å². The predicted octanol–water partition coefficient (Wildman–Crippen LogP) is 2.70. The Hall–Kier alpha value is -0.340. The lowest BCUT2D eigenvalue weighted by Crippen LogP contribution is -2.29. The van der Waals surface area contributed by atoms with Crippen LogP contribution in [0.15, 0.2) is 0 Å². The molecule has 0 aromatic heterocycles. The summed E-state index contributed by atoms with van der Waals surface area (Å²) >= 11 is 4.29. The molecule has 6 nitrogen and oxygen atoms in total. The number of nitrogens with one attached hydrogen (secondary N) is 1. The van der Waals surface area contributed by atoms with E-state index in [1.54, 1.807) is 0 Å². The van der Waals surface area contributed by atoms with E-state index < -0.39 is 0 Å². The van der Waals surface area contributed by atoms with Gasteiger partial charge in [-0.15, -0.1) is 0 Å². The number of ether oxygens (including phenoxy) is 4. The van der Waals surface area contributed by atoms with Gasteiger partial charge in [0.2, 0.25) is 5.91 Å². The molecule has 0 radical (unpaired) electrons. The van der Waals surface area contributed by atoms with E-state index in [0.717, 1.165) is 31.8 Å². The van der Waals surface area contributed by atoms with Gasteiger partial charge in [-0.1, -0.05) is 20.8 Å². The van der Waals surface area contributed by atoms with Gasteiger partial charge < -0.3 is 24.3 Å². The van der Waals surface area contributed by atoms with E-state index >= 15 is 0 Å². The van der Waals surface area contributed by atoms with Crippen LogP contribution in [0.5, 0.6) is 0 Å². The predicted molar refractivity (Wildman–Crippen MR) is 108 cm³/mol. The molecule has 0 heterocycles. The van der Waals surface area contributed by atoms with Crippen LogP contribution in [0.1, 0.15) is 46.5 Å². The minimum absolute atomic E-state index is 0.0738. The Bertz CT molecular complexity index is 316. The molecule has 156 valence electrons. The van der Waals surface area contributed by atoms with E-state index in [9.17, 15) is 4.79 Å².